The van der Waals surface area contributed by atoms with Gasteiger partial charge in [0.15, 0.2) is 0 Å². The molecule has 13 heteroatoms. The second-order valence-electron chi connectivity index (χ2n) is 28.2. The average molecular weight is 1070 g/mol. The van der Waals surface area contributed by atoms with Gasteiger partial charge in [0.2, 0.25) is 17.7 Å². The van der Waals surface area contributed by atoms with E-state index in [1.165, 1.54) is 25.3 Å². The van der Waals surface area contributed by atoms with E-state index < -0.39 is 35.9 Å². The van der Waals surface area contributed by atoms with Crippen molar-refractivity contribution in [2.24, 2.45) is 86.3 Å². The molecule has 3 unspecified atom stereocenters. The molecule has 434 valence electrons. The molecule has 0 spiro atoms. The highest BCUT2D eigenvalue weighted by molar-refractivity contribution is 5.90. The Bertz CT molecular complexity index is 2070. The predicted molar refractivity (Wildman–Crippen MR) is 300 cm³/mol. The van der Waals surface area contributed by atoms with Crippen LogP contribution in [0.4, 0.5) is 0 Å². The van der Waals surface area contributed by atoms with Gasteiger partial charge in [-0.2, -0.15) is 0 Å². The van der Waals surface area contributed by atoms with Gasteiger partial charge >= 0.3 is 5.97 Å². The van der Waals surface area contributed by atoms with Gasteiger partial charge in [0, 0.05) is 81.8 Å². The Morgan fingerprint density at radius 3 is 2.08 bits per heavy atom. The Hall–Kier alpha value is -2.87. The van der Waals surface area contributed by atoms with E-state index in [-0.39, 0.29) is 106 Å². The summed E-state index contributed by atoms with van der Waals surface area (Å²) in [7, 11) is 5.40. The van der Waals surface area contributed by atoms with E-state index in [9.17, 15) is 39.3 Å². The summed E-state index contributed by atoms with van der Waals surface area (Å²) in [5.41, 5.74) is 1.48. The van der Waals surface area contributed by atoms with Gasteiger partial charge in [0.1, 0.15) is 11.8 Å². The van der Waals surface area contributed by atoms with Crippen LogP contribution in [-0.4, -0.2) is 137 Å². The molecule has 13 nitrogen and oxygen atoms in total. The highest BCUT2D eigenvalue weighted by atomic mass is 16.5. The summed E-state index contributed by atoms with van der Waals surface area (Å²) >= 11 is 0. The minimum absolute atomic E-state index is 0.00776. The molecule has 76 heavy (non-hydrogen) atoms. The first kappa shape index (κ1) is 62.3. The van der Waals surface area contributed by atoms with E-state index in [0.29, 0.717) is 62.5 Å². The second-order valence-corrected chi connectivity index (χ2v) is 28.2. The molecule has 6 aliphatic rings. The van der Waals surface area contributed by atoms with E-state index in [4.69, 9.17) is 11.3 Å². The van der Waals surface area contributed by atoms with Crippen LogP contribution in [0.3, 0.4) is 0 Å². The highest BCUT2D eigenvalue weighted by Crippen LogP contribution is 2.77. The first-order valence-corrected chi connectivity index (χ1v) is 30.3. The van der Waals surface area contributed by atoms with Crippen molar-refractivity contribution in [2.75, 3.05) is 47.5 Å². The van der Waals surface area contributed by atoms with Gasteiger partial charge in [-0.05, 0) is 173 Å². The fraction of sp³-hybridized carbons (Fsp3) is 0.889. The Morgan fingerprint density at radius 2 is 1.49 bits per heavy atom. The Kier molecular flexibility index (Phi) is 20.1. The maximum atomic E-state index is 14.4. The zero-order valence-electron chi connectivity index (χ0n) is 50.3. The summed E-state index contributed by atoms with van der Waals surface area (Å²) in [5.74, 6) is -0.230. The van der Waals surface area contributed by atoms with Crippen LogP contribution >= 0.6 is 0 Å². The van der Waals surface area contributed by atoms with Crippen LogP contribution in [0.25, 0.3) is 0 Å². The summed E-state index contributed by atoms with van der Waals surface area (Å²) in [6.07, 6.45) is 14.3. The van der Waals surface area contributed by atoms with Crippen molar-refractivity contribution in [3.8, 4) is 0 Å². The zero-order chi connectivity index (χ0) is 56.6. The number of hydrogen-bond acceptors (Lipinski definition) is 10. The molecule has 6 fully saturated rings. The molecule has 17 atom stereocenters. The minimum atomic E-state index is -0.785. The number of aliphatic hydroxyl groups is 3. The van der Waals surface area contributed by atoms with Crippen molar-refractivity contribution in [2.45, 2.75) is 223 Å². The second kappa shape index (κ2) is 24.5. The lowest BCUT2D eigenvalue weighted by Crippen LogP contribution is -2.66. The van der Waals surface area contributed by atoms with Gasteiger partial charge in [0.25, 0.3) is 0 Å². The van der Waals surface area contributed by atoms with Crippen LogP contribution in [0.2, 0.25) is 0 Å². The maximum Gasteiger partial charge on any atom is 0.302 e. The molecule has 0 aromatic heterocycles. The van der Waals surface area contributed by atoms with Crippen molar-refractivity contribution >= 4 is 29.5 Å². The molecule has 5 saturated carbocycles. The standard InChI is InChI=1S/C63H108N4O9/c1-17-47(66(16)58(75)55(38(2)3)64-57(74)56(39(4)5)65(14)15)43(35-68)34-53(73)67-33-19-21-48(67)45(36-69)41(7)49(71)22-18-20-40(6)44-25-30-63(37-76-42(8)70)32-31-61(12)46(54(44)63)23-24-51-60(11)28-27-52(72)59(9,10)50(60)26-29-62(51,61)13/h38-39,41,43-48,50-52,54-56,68-69,72H,6,17-37H2,1-5,7-16H3,(H,64,74)/t41-,43+,44+,45-,46?,47+,48?,50+,51?,52+,54-,55+,56+,60+,61-,62-,63-/m1/s1. The summed E-state index contributed by atoms with van der Waals surface area (Å²) in [4.78, 5) is 74.0. The quantitative estimate of drug-likeness (QED) is 0.0570. The molecule has 0 aromatic carbocycles. The van der Waals surface area contributed by atoms with Crippen LogP contribution in [0.15, 0.2) is 12.2 Å². The van der Waals surface area contributed by atoms with Crippen LogP contribution in [0, 0.1) is 86.3 Å². The Morgan fingerprint density at radius 1 is 0.803 bits per heavy atom. The number of likely N-dealkylation sites (N-methyl/N-ethyl adjacent to an activating group) is 2. The number of hydrogen-bond donors (Lipinski definition) is 4. The Balaban J connectivity index is 1.10. The summed E-state index contributed by atoms with van der Waals surface area (Å²) in [5, 5.41) is 36.0. The monoisotopic (exact) mass is 1060 g/mol. The van der Waals surface area contributed by atoms with Crippen molar-refractivity contribution < 1.29 is 44.0 Å². The van der Waals surface area contributed by atoms with Gasteiger partial charge in [0.05, 0.1) is 18.8 Å². The number of carbonyl (C=O) groups is 5. The molecule has 6 rings (SSSR count). The first-order chi connectivity index (χ1) is 35.5. The lowest BCUT2D eigenvalue weighted by molar-refractivity contribution is -0.250. The normalized spacial score (nSPS) is 35.2. The van der Waals surface area contributed by atoms with Crippen molar-refractivity contribution in [1.82, 2.24) is 20.0 Å². The molecule has 1 saturated heterocycles. The lowest BCUT2D eigenvalue weighted by atomic mass is 9.32. The van der Waals surface area contributed by atoms with Gasteiger partial charge < -0.3 is 35.2 Å². The average Bonchev–Trinajstić information content (AvgIpc) is 4.00. The molecule has 0 aromatic rings. The molecule has 1 heterocycles. The van der Waals surface area contributed by atoms with Crippen LogP contribution < -0.4 is 5.32 Å². The number of rotatable bonds is 23. The number of carbonyl (C=O) groups excluding carboxylic acids is 5. The first-order valence-electron chi connectivity index (χ1n) is 30.3. The number of likely N-dealkylation sites (tertiary alicyclic amines) is 1. The lowest BCUT2D eigenvalue weighted by Gasteiger charge is -2.73. The van der Waals surface area contributed by atoms with E-state index >= 15 is 0 Å². The van der Waals surface area contributed by atoms with Crippen LogP contribution in [-0.2, 0) is 28.7 Å². The number of esters is 1. The van der Waals surface area contributed by atoms with E-state index in [2.05, 4.69) is 39.9 Å². The summed E-state index contributed by atoms with van der Waals surface area (Å²) in [6, 6.07) is -1.99. The number of nitrogens with zero attached hydrogens (tertiary/aromatic N) is 3. The summed E-state index contributed by atoms with van der Waals surface area (Å²) < 4.78 is 5.99. The SMILES string of the molecule is C=C(CCCC(=O)[C@H](C)[C@@H](CO)C1CCCN1C(=O)C[C@@H](CO)[C@H](CC)N(C)C(=O)[C@@H](NC(=O)[C@H](C(C)C)N(C)C)C(C)C)[C@@H]1CC[C@]2(COC(C)=O)CC[C@]3(C)C(CCC4[C@@]5(C)CC[C@H](O)C(C)(C)[C@@H]5CC[C@]43C)[C@@H]12. The zero-order valence-corrected chi connectivity index (χ0v) is 50.3. The fourth-order valence-corrected chi connectivity index (χ4v) is 18.8. The van der Waals surface area contributed by atoms with Crippen LogP contribution in [0.1, 0.15) is 192 Å². The number of allylic oxidation sites excluding steroid dienone is 1. The minimum Gasteiger partial charge on any atom is -0.465 e. The molecular weight excluding hydrogens is 957 g/mol. The number of amides is 3. The van der Waals surface area contributed by atoms with Gasteiger partial charge in [-0.3, -0.25) is 28.9 Å². The number of fused-ring (bicyclic) bond motifs is 7. The molecule has 0 radical (unpaired) electrons. The Labute approximate surface area is 460 Å². The van der Waals surface area contributed by atoms with E-state index in [1.54, 1.807) is 11.9 Å². The molecule has 0 bridgehead atoms. The molecule has 1 aliphatic heterocycles. The third kappa shape index (κ3) is 11.5. The third-order valence-corrected chi connectivity index (χ3v) is 23.2. The molecular formula is C63H108N4O9. The number of nitrogens with one attached hydrogen (secondary N) is 1. The largest absolute Gasteiger partial charge is 0.465 e. The topological polar surface area (TPSA) is 177 Å². The predicted octanol–water partition coefficient (Wildman–Crippen LogP) is 9.49. The molecule has 3 amide bonds. The van der Waals surface area contributed by atoms with E-state index in [1.807, 2.05) is 65.4 Å². The van der Waals surface area contributed by atoms with E-state index in [0.717, 1.165) is 64.2 Å². The van der Waals surface area contributed by atoms with Crippen molar-refractivity contribution in [3.63, 3.8) is 0 Å². The van der Waals surface area contributed by atoms with Gasteiger partial charge in [-0.25, -0.2) is 0 Å². The number of ketones is 1. The highest BCUT2D eigenvalue weighted by Gasteiger charge is 2.71. The van der Waals surface area contributed by atoms with Crippen LogP contribution in [0.5, 0.6) is 0 Å². The van der Waals surface area contributed by atoms with Gasteiger partial charge in [-0.15, -0.1) is 0 Å². The number of Topliss-reactive ketones (excluding diaryl/α,β-unsaturated/α-hetero) is 1. The number of aliphatic hydroxyl groups excluding tert-OH is 3. The third-order valence-electron chi connectivity index (χ3n) is 23.2. The smallest absolute Gasteiger partial charge is 0.302 e. The fourth-order valence-electron chi connectivity index (χ4n) is 18.8. The maximum absolute atomic E-state index is 14.4. The molecule has 5 aliphatic carbocycles. The molecule has 4 N–H and O–H groups in total. The van der Waals surface area contributed by atoms with Crippen molar-refractivity contribution in [1.29, 1.82) is 0 Å². The number of ether oxygens (including phenoxy) is 1. The summed E-state index contributed by atoms with van der Waals surface area (Å²) in [6.45, 7) is 30.8. The van der Waals surface area contributed by atoms with Gasteiger partial charge in [-0.1, -0.05) is 88.3 Å². The van der Waals surface area contributed by atoms with Crippen molar-refractivity contribution in [3.05, 3.63) is 12.2 Å².